The molecule has 0 aliphatic rings. The Hall–Kier alpha value is -1.94. The molecule has 0 fully saturated rings. The van der Waals surface area contributed by atoms with E-state index in [4.69, 9.17) is 0 Å². The molecule has 2 N–H and O–H groups in total. The van der Waals surface area contributed by atoms with Crippen molar-refractivity contribution in [3.8, 4) is 5.75 Å². The molecule has 19 heavy (non-hydrogen) atoms. The zero-order chi connectivity index (χ0) is 13.8. The Kier molecular flexibility index (Phi) is 4.12. The van der Waals surface area contributed by atoms with Crippen molar-refractivity contribution in [1.82, 2.24) is 5.32 Å². The van der Waals surface area contributed by atoms with Crippen LogP contribution in [0.15, 0.2) is 42.5 Å². The Labute approximate surface area is 110 Å². The van der Waals surface area contributed by atoms with E-state index in [1.807, 2.05) is 13.0 Å². The van der Waals surface area contributed by atoms with Crippen LogP contribution < -0.4 is 5.32 Å². The van der Waals surface area contributed by atoms with E-state index < -0.39 is 11.6 Å². The molecule has 0 saturated heterocycles. The second-order valence-corrected chi connectivity index (χ2v) is 4.40. The maximum absolute atomic E-state index is 13.1. The lowest BCUT2D eigenvalue weighted by Gasteiger charge is -2.15. The molecule has 0 aliphatic carbocycles. The SMILES string of the molecule is CC(NCc1ccccc1O)c1ccc(F)c(F)c1. The molecular formula is C15H15F2NO. The van der Waals surface area contributed by atoms with Crippen molar-refractivity contribution in [2.24, 2.45) is 0 Å². The monoisotopic (exact) mass is 263 g/mol. The number of phenolic OH excluding ortho intramolecular Hbond substituents is 1. The Morgan fingerprint density at radius 3 is 2.53 bits per heavy atom. The van der Waals surface area contributed by atoms with E-state index in [0.29, 0.717) is 12.1 Å². The highest BCUT2D eigenvalue weighted by Crippen LogP contribution is 2.19. The Bertz CT molecular complexity index is 572. The third-order valence-electron chi connectivity index (χ3n) is 3.03. The van der Waals surface area contributed by atoms with Gasteiger partial charge in [0.2, 0.25) is 0 Å². The van der Waals surface area contributed by atoms with Crippen LogP contribution in [0, 0.1) is 11.6 Å². The van der Waals surface area contributed by atoms with Crippen LogP contribution in [-0.2, 0) is 6.54 Å². The van der Waals surface area contributed by atoms with Crippen LogP contribution in [0.25, 0.3) is 0 Å². The molecule has 0 spiro atoms. The van der Waals surface area contributed by atoms with Gasteiger partial charge in [0, 0.05) is 18.2 Å². The zero-order valence-corrected chi connectivity index (χ0v) is 10.5. The van der Waals surface area contributed by atoms with Gasteiger partial charge in [0.25, 0.3) is 0 Å². The minimum absolute atomic E-state index is 0.144. The van der Waals surface area contributed by atoms with E-state index >= 15 is 0 Å². The standard InChI is InChI=1S/C15H15F2NO/c1-10(11-6-7-13(16)14(17)8-11)18-9-12-4-2-3-5-15(12)19/h2-8,10,18-19H,9H2,1H3. The number of halogens is 2. The smallest absolute Gasteiger partial charge is 0.159 e. The summed E-state index contributed by atoms with van der Waals surface area (Å²) in [5, 5.41) is 12.8. The lowest BCUT2D eigenvalue weighted by atomic mass is 10.1. The molecule has 0 heterocycles. The molecule has 1 atom stereocenters. The molecule has 0 saturated carbocycles. The van der Waals surface area contributed by atoms with Crippen LogP contribution in [-0.4, -0.2) is 5.11 Å². The molecule has 0 radical (unpaired) electrons. The van der Waals surface area contributed by atoms with E-state index in [2.05, 4.69) is 5.32 Å². The predicted octanol–water partition coefficient (Wildman–Crippen LogP) is 3.52. The van der Waals surface area contributed by atoms with E-state index in [1.54, 1.807) is 24.3 Å². The van der Waals surface area contributed by atoms with Crippen molar-refractivity contribution in [2.45, 2.75) is 19.5 Å². The van der Waals surface area contributed by atoms with Crippen LogP contribution in [0.2, 0.25) is 0 Å². The summed E-state index contributed by atoms with van der Waals surface area (Å²) >= 11 is 0. The third kappa shape index (κ3) is 3.29. The number of phenols is 1. The van der Waals surface area contributed by atoms with E-state index in [0.717, 1.165) is 11.6 Å². The van der Waals surface area contributed by atoms with Gasteiger partial charge in [0.1, 0.15) is 5.75 Å². The van der Waals surface area contributed by atoms with Crippen molar-refractivity contribution < 1.29 is 13.9 Å². The summed E-state index contributed by atoms with van der Waals surface area (Å²) in [7, 11) is 0. The van der Waals surface area contributed by atoms with Crippen LogP contribution in [0.3, 0.4) is 0 Å². The van der Waals surface area contributed by atoms with E-state index in [1.165, 1.54) is 6.07 Å². The number of nitrogens with one attached hydrogen (secondary N) is 1. The molecule has 2 aromatic carbocycles. The normalized spacial score (nSPS) is 12.4. The number of benzene rings is 2. The Balaban J connectivity index is 2.03. The molecule has 2 rings (SSSR count). The molecule has 4 heteroatoms. The van der Waals surface area contributed by atoms with Gasteiger partial charge in [-0.1, -0.05) is 24.3 Å². The Morgan fingerprint density at radius 1 is 1.11 bits per heavy atom. The van der Waals surface area contributed by atoms with Crippen molar-refractivity contribution in [2.75, 3.05) is 0 Å². The van der Waals surface area contributed by atoms with Crippen molar-refractivity contribution in [1.29, 1.82) is 0 Å². The molecular weight excluding hydrogens is 248 g/mol. The minimum atomic E-state index is -0.853. The molecule has 100 valence electrons. The van der Waals surface area contributed by atoms with Crippen LogP contribution in [0.1, 0.15) is 24.1 Å². The molecule has 1 unspecified atom stereocenters. The summed E-state index contributed by atoms with van der Waals surface area (Å²) in [6, 6.07) is 10.7. The minimum Gasteiger partial charge on any atom is -0.508 e. The first-order valence-corrected chi connectivity index (χ1v) is 6.03. The average Bonchev–Trinajstić information content (AvgIpc) is 2.40. The van der Waals surface area contributed by atoms with E-state index in [-0.39, 0.29) is 11.8 Å². The molecule has 0 aliphatic heterocycles. The maximum Gasteiger partial charge on any atom is 0.159 e. The summed E-state index contributed by atoms with van der Waals surface area (Å²) in [6.07, 6.45) is 0. The quantitative estimate of drug-likeness (QED) is 0.884. The zero-order valence-electron chi connectivity index (χ0n) is 10.5. The number of aromatic hydroxyl groups is 1. The highest BCUT2D eigenvalue weighted by atomic mass is 19.2. The largest absolute Gasteiger partial charge is 0.508 e. The topological polar surface area (TPSA) is 32.3 Å². The highest BCUT2D eigenvalue weighted by Gasteiger charge is 2.09. The van der Waals surface area contributed by atoms with Gasteiger partial charge in [-0.25, -0.2) is 8.78 Å². The number of para-hydroxylation sites is 1. The van der Waals surface area contributed by atoms with Gasteiger partial charge in [-0.2, -0.15) is 0 Å². The van der Waals surface area contributed by atoms with Gasteiger partial charge in [-0.15, -0.1) is 0 Å². The number of hydrogen-bond acceptors (Lipinski definition) is 2. The Morgan fingerprint density at radius 2 is 1.84 bits per heavy atom. The fourth-order valence-electron chi connectivity index (χ4n) is 1.82. The fraction of sp³-hybridized carbons (Fsp3) is 0.200. The van der Waals surface area contributed by atoms with E-state index in [9.17, 15) is 13.9 Å². The van der Waals surface area contributed by atoms with Gasteiger partial charge >= 0.3 is 0 Å². The molecule has 0 bridgehead atoms. The second-order valence-electron chi connectivity index (χ2n) is 4.40. The van der Waals surface area contributed by atoms with Crippen LogP contribution in [0.4, 0.5) is 8.78 Å². The fourth-order valence-corrected chi connectivity index (χ4v) is 1.82. The summed E-state index contributed by atoms with van der Waals surface area (Å²) in [4.78, 5) is 0. The molecule has 2 aromatic rings. The van der Waals surface area contributed by atoms with Crippen molar-refractivity contribution >= 4 is 0 Å². The molecule has 0 aromatic heterocycles. The molecule has 2 nitrogen and oxygen atoms in total. The average molecular weight is 263 g/mol. The summed E-state index contributed by atoms with van der Waals surface area (Å²) < 4.78 is 26.0. The number of hydrogen-bond donors (Lipinski definition) is 2. The third-order valence-corrected chi connectivity index (χ3v) is 3.03. The van der Waals surface area contributed by atoms with Crippen molar-refractivity contribution in [3.05, 3.63) is 65.2 Å². The van der Waals surface area contributed by atoms with Gasteiger partial charge < -0.3 is 10.4 Å². The lowest BCUT2D eigenvalue weighted by Crippen LogP contribution is -2.18. The summed E-state index contributed by atoms with van der Waals surface area (Å²) in [5.74, 6) is -1.49. The summed E-state index contributed by atoms with van der Waals surface area (Å²) in [5.41, 5.74) is 1.42. The van der Waals surface area contributed by atoms with Gasteiger partial charge in [-0.05, 0) is 30.7 Å². The number of rotatable bonds is 4. The van der Waals surface area contributed by atoms with Crippen LogP contribution >= 0.6 is 0 Å². The first kappa shape index (κ1) is 13.5. The van der Waals surface area contributed by atoms with Crippen LogP contribution in [0.5, 0.6) is 5.75 Å². The highest BCUT2D eigenvalue weighted by molar-refractivity contribution is 5.31. The lowest BCUT2D eigenvalue weighted by molar-refractivity contribution is 0.459. The first-order chi connectivity index (χ1) is 9.08. The second kappa shape index (κ2) is 5.80. The molecule has 0 amide bonds. The van der Waals surface area contributed by atoms with Crippen molar-refractivity contribution in [3.63, 3.8) is 0 Å². The van der Waals surface area contributed by atoms with Gasteiger partial charge in [0.15, 0.2) is 11.6 Å². The predicted molar refractivity (Wildman–Crippen MR) is 69.7 cm³/mol. The van der Waals surface area contributed by atoms with Gasteiger partial charge in [0.05, 0.1) is 0 Å². The summed E-state index contributed by atoms with van der Waals surface area (Å²) in [6.45, 7) is 2.31. The van der Waals surface area contributed by atoms with Gasteiger partial charge in [-0.3, -0.25) is 0 Å². The maximum atomic E-state index is 13.1. The first-order valence-electron chi connectivity index (χ1n) is 6.03.